The fourth-order valence-corrected chi connectivity index (χ4v) is 2.75. The first-order valence-corrected chi connectivity index (χ1v) is 10.0. The molecule has 0 aromatic heterocycles. The summed E-state index contributed by atoms with van der Waals surface area (Å²) >= 11 is 0. The molecule has 1 heterocycles. The average Bonchev–Trinajstić information content (AvgIpc) is 3.13. The highest BCUT2D eigenvalue weighted by molar-refractivity contribution is 5.79. The highest BCUT2D eigenvalue weighted by Crippen LogP contribution is 2.24. The Kier molecular flexibility index (Phi) is 9.42. The molecule has 1 saturated heterocycles. The van der Waals surface area contributed by atoms with Gasteiger partial charge in [0.05, 0.1) is 26.4 Å². The van der Waals surface area contributed by atoms with Crippen LogP contribution in [-0.2, 0) is 16.0 Å². The Bertz CT molecular complexity index is 584. The summed E-state index contributed by atoms with van der Waals surface area (Å²) in [6.07, 6.45) is 1.08. The number of nitrogens with one attached hydrogen (secondary N) is 2. The summed E-state index contributed by atoms with van der Waals surface area (Å²) < 4.78 is 17.2. The normalized spacial score (nSPS) is 17.4. The Morgan fingerprint density at radius 2 is 2.19 bits per heavy atom. The SMILES string of the molecule is CCNC(=NCc1ccc(C)cc1OC1CCOC1)NCCOCC(C)C. The van der Waals surface area contributed by atoms with E-state index < -0.39 is 0 Å². The van der Waals surface area contributed by atoms with E-state index in [2.05, 4.69) is 56.5 Å². The quantitative estimate of drug-likeness (QED) is 0.373. The van der Waals surface area contributed by atoms with Crippen molar-refractivity contribution in [3.05, 3.63) is 29.3 Å². The molecule has 2 N–H and O–H groups in total. The van der Waals surface area contributed by atoms with Crippen molar-refractivity contribution in [3.8, 4) is 5.75 Å². The molecule has 0 saturated carbocycles. The molecule has 2 rings (SSSR count). The third-order valence-electron chi connectivity index (χ3n) is 4.15. The molecular formula is C21H35N3O3. The van der Waals surface area contributed by atoms with Gasteiger partial charge in [-0.1, -0.05) is 26.0 Å². The standard InChI is InChI=1S/C21H35N3O3/c1-5-22-21(23-9-11-26-14-16(2)3)24-13-18-7-6-17(4)12-20(18)27-19-8-10-25-15-19/h6-7,12,16,19H,5,8-11,13-15H2,1-4H3,(H2,22,23,24). The van der Waals surface area contributed by atoms with E-state index >= 15 is 0 Å². The third-order valence-corrected chi connectivity index (χ3v) is 4.15. The second-order valence-corrected chi connectivity index (χ2v) is 7.31. The van der Waals surface area contributed by atoms with Crippen molar-refractivity contribution in [1.82, 2.24) is 10.6 Å². The van der Waals surface area contributed by atoms with E-state index in [4.69, 9.17) is 19.2 Å². The van der Waals surface area contributed by atoms with Crippen LogP contribution in [-0.4, -0.2) is 51.6 Å². The Morgan fingerprint density at radius 1 is 1.33 bits per heavy atom. The molecule has 0 amide bonds. The van der Waals surface area contributed by atoms with Gasteiger partial charge in [-0.2, -0.15) is 0 Å². The third kappa shape index (κ3) is 8.18. The van der Waals surface area contributed by atoms with Crippen molar-refractivity contribution in [2.24, 2.45) is 10.9 Å². The summed E-state index contributed by atoms with van der Waals surface area (Å²) in [4.78, 5) is 4.71. The predicted molar refractivity (Wildman–Crippen MR) is 110 cm³/mol. The number of hydrogen-bond donors (Lipinski definition) is 2. The van der Waals surface area contributed by atoms with Crippen LogP contribution < -0.4 is 15.4 Å². The molecular weight excluding hydrogens is 342 g/mol. The minimum Gasteiger partial charge on any atom is -0.488 e. The van der Waals surface area contributed by atoms with Gasteiger partial charge >= 0.3 is 0 Å². The topological polar surface area (TPSA) is 64.1 Å². The van der Waals surface area contributed by atoms with Gasteiger partial charge in [-0.15, -0.1) is 0 Å². The van der Waals surface area contributed by atoms with Gasteiger partial charge in [0.1, 0.15) is 11.9 Å². The van der Waals surface area contributed by atoms with Crippen LogP contribution >= 0.6 is 0 Å². The molecule has 1 atom stereocenters. The molecule has 0 radical (unpaired) electrons. The summed E-state index contributed by atoms with van der Waals surface area (Å²) in [6.45, 7) is 13.4. The molecule has 1 aliphatic heterocycles. The predicted octanol–water partition coefficient (Wildman–Crippen LogP) is 2.89. The molecule has 1 aliphatic rings. The molecule has 6 heteroatoms. The van der Waals surface area contributed by atoms with Gasteiger partial charge in [-0.3, -0.25) is 0 Å². The van der Waals surface area contributed by atoms with Crippen molar-refractivity contribution < 1.29 is 14.2 Å². The molecule has 0 spiro atoms. The summed E-state index contributed by atoms with van der Waals surface area (Å²) in [5.74, 6) is 2.25. The number of aryl methyl sites for hydroxylation is 1. The lowest BCUT2D eigenvalue weighted by molar-refractivity contribution is 0.114. The van der Waals surface area contributed by atoms with Crippen molar-refractivity contribution in [1.29, 1.82) is 0 Å². The molecule has 1 fully saturated rings. The number of aliphatic imine (C=N–C) groups is 1. The number of rotatable bonds is 10. The summed E-state index contributed by atoms with van der Waals surface area (Å²) in [7, 11) is 0. The lowest BCUT2D eigenvalue weighted by Crippen LogP contribution is -2.39. The first-order valence-electron chi connectivity index (χ1n) is 10.0. The van der Waals surface area contributed by atoms with E-state index in [0.717, 1.165) is 50.0 Å². The van der Waals surface area contributed by atoms with Crippen molar-refractivity contribution in [3.63, 3.8) is 0 Å². The number of guanidine groups is 1. The fraction of sp³-hybridized carbons (Fsp3) is 0.667. The first kappa shape index (κ1) is 21.5. The minimum atomic E-state index is 0.138. The highest BCUT2D eigenvalue weighted by Gasteiger charge is 2.18. The molecule has 27 heavy (non-hydrogen) atoms. The lowest BCUT2D eigenvalue weighted by Gasteiger charge is -2.16. The number of ether oxygens (including phenoxy) is 3. The van der Waals surface area contributed by atoms with E-state index in [0.29, 0.717) is 25.7 Å². The van der Waals surface area contributed by atoms with Gasteiger partial charge in [-0.05, 0) is 31.4 Å². The largest absolute Gasteiger partial charge is 0.488 e. The zero-order chi connectivity index (χ0) is 19.5. The number of benzene rings is 1. The zero-order valence-corrected chi connectivity index (χ0v) is 17.2. The molecule has 1 aromatic carbocycles. The van der Waals surface area contributed by atoms with Crippen LogP contribution in [0.5, 0.6) is 5.75 Å². The van der Waals surface area contributed by atoms with Crippen molar-refractivity contribution >= 4 is 5.96 Å². The molecule has 1 unspecified atom stereocenters. The monoisotopic (exact) mass is 377 g/mol. The first-order chi connectivity index (χ1) is 13.1. The Balaban J connectivity index is 1.93. The molecule has 0 aliphatic carbocycles. The molecule has 152 valence electrons. The smallest absolute Gasteiger partial charge is 0.191 e. The van der Waals surface area contributed by atoms with Gasteiger partial charge in [0.25, 0.3) is 0 Å². The van der Waals surface area contributed by atoms with Crippen LogP contribution in [0.1, 0.15) is 38.3 Å². The number of hydrogen-bond acceptors (Lipinski definition) is 4. The second kappa shape index (κ2) is 11.8. The van der Waals surface area contributed by atoms with Crippen LogP contribution in [0.4, 0.5) is 0 Å². The van der Waals surface area contributed by atoms with Crippen molar-refractivity contribution in [2.75, 3.05) is 39.5 Å². The summed E-state index contributed by atoms with van der Waals surface area (Å²) in [6, 6.07) is 6.28. The maximum atomic E-state index is 6.16. The van der Waals surface area contributed by atoms with E-state index in [1.165, 1.54) is 5.56 Å². The Morgan fingerprint density at radius 3 is 2.89 bits per heavy atom. The molecule has 0 bridgehead atoms. The van der Waals surface area contributed by atoms with Crippen LogP contribution in [0.2, 0.25) is 0 Å². The maximum absolute atomic E-state index is 6.16. The Hall–Kier alpha value is -1.79. The molecule has 1 aromatic rings. The van der Waals surface area contributed by atoms with Gasteiger partial charge < -0.3 is 24.8 Å². The van der Waals surface area contributed by atoms with E-state index in [1.54, 1.807) is 0 Å². The minimum absolute atomic E-state index is 0.138. The van der Waals surface area contributed by atoms with E-state index in [1.807, 2.05) is 0 Å². The van der Waals surface area contributed by atoms with Gasteiger partial charge in [0.15, 0.2) is 5.96 Å². The van der Waals surface area contributed by atoms with Gasteiger partial charge in [0, 0.05) is 31.7 Å². The fourth-order valence-electron chi connectivity index (χ4n) is 2.75. The summed E-state index contributed by atoms with van der Waals surface area (Å²) in [5.41, 5.74) is 2.27. The number of nitrogens with zero attached hydrogens (tertiary/aromatic N) is 1. The van der Waals surface area contributed by atoms with Gasteiger partial charge in [0.2, 0.25) is 0 Å². The van der Waals surface area contributed by atoms with Crippen LogP contribution in [0, 0.1) is 12.8 Å². The van der Waals surface area contributed by atoms with Crippen LogP contribution in [0.3, 0.4) is 0 Å². The molecule has 6 nitrogen and oxygen atoms in total. The van der Waals surface area contributed by atoms with Gasteiger partial charge in [-0.25, -0.2) is 4.99 Å². The Labute approximate surface area is 163 Å². The zero-order valence-electron chi connectivity index (χ0n) is 17.2. The van der Waals surface area contributed by atoms with Crippen molar-refractivity contribution in [2.45, 2.75) is 46.8 Å². The maximum Gasteiger partial charge on any atom is 0.191 e. The van der Waals surface area contributed by atoms with Crippen LogP contribution in [0.25, 0.3) is 0 Å². The highest BCUT2D eigenvalue weighted by atomic mass is 16.5. The lowest BCUT2D eigenvalue weighted by atomic mass is 10.1. The van der Waals surface area contributed by atoms with E-state index in [-0.39, 0.29) is 6.10 Å². The van der Waals surface area contributed by atoms with Crippen LogP contribution in [0.15, 0.2) is 23.2 Å². The average molecular weight is 378 g/mol. The summed E-state index contributed by atoms with van der Waals surface area (Å²) in [5, 5.41) is 6.60. The second-order valence-electron chi connectivity index (χ2n) is 7.31. The van der Waals surface area contributed by atoms with E-state index in [9.17, 15) is 0 Å².